The Labute approximate surface area is 109 Å². The van der Waals surface area contributed by atoms with E-state index in [0.29, 0.717) is 0 Å². The maximum absolute atomic E-state index is 10.9. The highest BCUT2D eigenvalue weighted by atomic mass is 16.1. The number of amides is 1. The van der Waals surface area contributed by atoms with Gasteiger partial charge in [0, 0.05) is 24.1 Å². The van der Waals surface area contributed by atoms with Gasteiger partial charge >= 0.3 is 0 Å². The van der Waals surface area contributed by atoms with E-state index in [1.807, 2.05) is 12.1 Å². The maximum atomic E-state index is 10.9. The number of hydrogen-bond acceptors (Lipinski definition) is 1. The van der Waals surface area contributed by atoms with Gasteiger partial charge in [-0.15, -0.1) is 0 Å². The molecule has 2 N–H and O–H groups in total. The van der Waals surface area contributed by atoms with Crippen molar-refractivity contribution in [3.63, 3.8) is 0 Å². The van der Waals surface area contributed by atoms with Crippen molar-refractivity contribution in [2.75, 3.05) is 18.4 Å². The number of carbonyl (C=O) groups is 1. The van der Waals surface area contributed by atoms with E-state index in [-0.39, 0.29) is 5.91 Å². The van der Waals surface area contributed by atoms with Gasteiger partial charge in [-0.05, 0) is 25.0 Å². The molecule has 1 aromatic carbocycles. The molecule has 2 rings (SSSR count). The minimum absolute atomic E-state index is 0.0155. The fourth-order valence-corrected chi connectivity index (χ4v) is 2.76. The van der Waals surface area contributed by atoms with Crippen LogP contribution in [-0.4, -0.2) is 19.0 Å². The zero-order valence-corrected chi connectivity index (χ0v) is 11.3. The van der Waals surface area contributed by atoms with Crippen molar-refractivity contribution in [3.05, 3.63) is 29.8 Å². The lowest BCUT2D eigenvalue weighted by molar-refractivity contribution is -0.922. The van der Waals surface area contributed by atoms with E-state index >= 15 is 0 Å². The zero-order valence-electron chi connectivity index (χ0n) is 11.3. The fourth-order valence-electron chi connectivity index (χ4n) is 2.76. The molecule has 1 saturated heterocycles. The Hall–Kier alpha value is -1.35. The molecule has 98 valence electrons. The second kappa shape index (κ2) is 6.01. The van der Waals surface area contributed by atoms with Crippen LogP contribution < -0.4 is 10.2 Å². The predicted molar refractivity (Wildman–Crippen MR) is 73.5 cm³/mol. The van der Waals surface area contributed by atoms with Gasteiger partial charge in [-0.3, -0.25) is 4.79 Å². The van der Waals surface area contributed by atoms with Crippen molar-refractivity contribution in [2.45, 2.75) is 33.2 Å². The van der Waals surface area contributed by atoms with Gasteiger partial charge in [0.1, 0.15) is 6.54 Å². The number of rotatable bonds is 3. The highest BCUT2D eigenvalue weighted by molar-refractivity contribution is 5.88. The van der Waals surface area contributed by atoms with Gasteiger partial charge in [0.2, 0.25) is 5.91 Å². The molecule has 1 heterocycles. The normalized spacial score (nSPS) is 23.7. The number of piperidine rings is 1. The molecule has 0 radical (unpaired) electrons. The van der Waals surface area contributed by atoms with E-state index in [4.69, 9.17) is 0 Å². The van der Waals surface area contributed by atoms with E-state index in [0.717, 1.165) is 18.2 Å². The van der Waals surface area contributed by atoms with Crippen LogP contribution in [0.3, 0.4) is 0 Å². The van der Waals surface area contributed by atoms with Crippen LogP contribution in [0.4, 0.5) is 5.69 Å². The number of likely N-dealkylation sites (tertiary alicyclic amines) is 1. The monoisotopic (exact) mass is 247 g/mol. The van der Waals surface area contributed by atoms with E-state index in [1.54, 1.807) is 4.90 Å². The predicted octanol–water partition coefficient (Wildman–Crippen LogP) is 1.46. The van der Waals surface area contributed by atoms with Crippen LogP contribution in [0.5, 0.6) is 0 Å². The van der Waals surface area contributed by atoms with Crippen molar-refractivity contribution in [1.82, 2.24) is 0 Å². The molecule has 0 spiro atoms. The second-order valence-electron chi connectivity index (χ2n) is 5.51. The molecule has 0 bridgehead atoms. The smallest absolute Gasteiger partial charge is 0.221 e. The first-order chi connectivity index (χ1) is 8.63. The second-order valence-corrected chi connectivity index (χ2v) is 5.51. The van der Waals surface area contributed by atoms with Gasteiger partial charge in [-0.2, -0.15) is 0 Å². The van der Waals surface area contributed by atoms with Crippen LogP contribution in [0.15, 0.2) is 24.3 Å². The molecular formula is C15H23N2O+. The number of hydrogen-bond donors (Lipinski definition) is 2. The van der Waals surface area contributed by atoms with Gasteiger partial charge in [0.15, 0.2) is 0 Å². The Morgan fingerprint density at radius 1 is 1.39 bits per heavy atom. The molecule has 1 amide bonds. The molecule has 1 unspecified atom stereocenters. The standard InChI is InChI=1S/C15H22N2O/c1-12-4-3-9-17(10-12)11-14-5-7-15(8-6-14)16-13(2)18/h5-8,12H,3-4,9-11H2,1-2H3,(H,16,18)/p+1/t12-/m1/s1. The number of benzene rings is 1. The highest BCUT2D eigenvalue weighted by Crippen LogP contribution is 2.10. The van der Waals surface area contributed by atoms with Crippen LogP contribution in [0, 0.1) is 5.92 Å². The van der Waals surface area contributed by atoms with Crippen molar-refractivity contribution in [3.8, 4) is 0 Å². The minimum Gasteiger partial charge on any atom is -0.331 e. The van der Waals surface area contributed by atoms with E-state index in [1.165, 1.54) is 38.4 Å². The van der Waals surface area contributed by atoms with Gasteiger partial charge < -0.3 is 10.2 Å². The lowest BCUT2D eigenvalue weighted by atomic mass is 10.00. The molecule has 1 aliphatic heterocycles. The van der Waals surface area contributed by atoms with E-state index in [2.05, 4.69) is 24.4 Å². The topological polar surface area (TPSA) is 33.5 Å². The minimum atomic E-state index is -0.0155. The summed E-state index contributed by atoms with van der Waals surface area (Å²) in [7, 11) is 0. The summed E-state index contributed by atoms with van der Waals surface area (Å²) in [6.07, 6.45) is 2.73. The quantitative estimate of drug-likeness (QED) is 0.833. The Morgan fingerprint density at radius 2 is 2.11 bits per heavy atom. The summed E-state index contributed by atoms with van der Waals surface area (Å²) in [6.45, 7) is 7.56. The van der Waals surface area contributed by atoms with Gasteiger partial charge in [0.05, 0.1) is 13.1 Å². The molecule has 3 heteroatoms. The Balaban J connectivity index is 1.91. The van der Waals surface area contributed by atoms with Gasteiger partial charge in [0.25, 0.3) is 0 Å². The lowest BCUT2D eigenvalue weighted by Gasteiger charge is -2.27. The van der Waals surface area contributed by atoms with Gasteiger partial charge in [-0.1, -0.05) is 19.1 Å². The van der Waals surface area contributed by atoms with Gasteiger partial charge in [-0.25, -0.2) is 0 Å². The Kier molecular flexibility index (Phi) is 4.37. The van der Waals surface area contributed by atoms with E-state index in [9.17, 15) is 4.79 Å². The summed E-state index contributed by atoms with van der Waals surface area (Å²) in [5.41, 5.74) is 2.24. The molecule has 3 nitrogen and oxygen atoms in total. The summed E-state index contributed by atoms with van der Waals surface area (Å²) in [5.74, 6) is 0.839. The number of carbonyl (C=O) groups excluding carboxylic acids is 1. The average molecular weight is 247 g/mol. The molecular weight excluding hydrogens is 224 g/mol. The lowest BCUT2D eigenvalue weighted by Crippen LogP contribution is -3.12. The van der Waals surface area contributed by atoms with Crippen LogP contribution in [0.1, 0.15) is 32.3 Å². The third kappa shape index (κ3) is 3.84. The largest absolute Gasteiger partial charge is 0.331 e. The summed E-state index contributed by atoms with van der Waals surface area (Å²) in [5, 5.41) is 2.80. The molecule has 2 atom stereocenters. The summed E-state index contributed by atoms with van der Waals surface area (Å²) in [6, 6.07) is 8.22. The summed E-state index contributed by atoms with van der Waals surface area (Å²) >= 11 is 0. The average Bonchev–Trinajstić information content (AvgIpc) is 2.31. The zero-order chi connectivity index (χ0) is 13.0. The highest BCUT2D eigenvalue weighted by Gasteiger charge is 2.19. The SMILES string of the molecule is CC(=O)Nc1ccc(C[NH+]2CCC[C@@H](C)C2)cc1. The third-order valence-corrected chi connectivity index (χ3v) is 3.59. The van der Waals surface area contributed by atoms with Crippen molar-refractivity contribution >= 4 is 11.6 Å². The van der Waals surface area contributed by atoms with Crippen LogP contribution in [-0.2, 0) is 11.3 Å². The van der Waals surface area contributed by atoms with E-state index < -0.39 is 0 Å². The summed E-state index contributed by atoms with van der Waals surface area (Å²) in [4.78, 5) is 12.6. The molecule has 1 aliphatic rings. The Morgan fingerprint density at radius 3 is 2.72 bits per heavy atom. The number of quaternary nitrogens is 1. The maximum Gasteiger partial charge on any atom is 0.221 e. The number of nitrogens with one attached hydrogen (secondary N) is 2. The summed E-state index contributed by atoms with van der Waals surface area (Å²) < 4.78 is 0. The molecule has 1 fully saturated rings. The fraction of sp³-hybridized carbons (Fsp3) is 0.533. The van der Waals surface area contributed by atoms with Crippen molar-refractivity contribution in [1.29, 1.82) is 0 Å². The number of anilines is 1. The molecule has 1 aromatic rings. The van der Waals surface area contributed by atoms with Crippen molar-refractivity contribution in [2.24, 2.45) is 5.92 Å². The van der Waals surface area contributed by atoms with Crippen LogP contribution in [0.25, 0.3) is 0 Å². The Bertz CT molecular complexity index is 399. The first kappa shape index (κ1) is 13.1. The molecule has 0 saturated carbocycles. The van der Waals surface area contributed by atoms with Crippen LogP contribution >= 0.6 is 0 Å². The third-order valence-electron chi connectivity index (χ3n) is 3.59. The van der Waals surface area contributed by atoms with Crippen LogP contribution in [0.2, 0.25) is 0 Å². The molecule has 0 aromatic heterocycles. The molecule has 0 aliphatic carbocycles. The molecule has 18 heavy (non-hydrogen) atoms. The first-order valence-corrected chi connectivity index (χ1v) is 6.83. The van der Waals surface area contributed by atoms with Crippen molar-refractivity contribution < 1.29 is 9.69 Å². The first-order valence-electron chi connectivity index (χ1n) is 6.83.